The summed E-state index contributed by atoms with van der Waals surface area (Å²) in [5.41, 5.74) is -0.0745. The summed E-state index contributed by atoms with van der Waals surface area (Å²) in [5, 5.41) is 0. The second-order valence-corrected chi connectivity index (χ2v) is 6.92. The topological polar surface area (TPSA) is 9.23 Å². The van der Waals surface area contributed by atoms with Crippen LogP contribution < -0.4 is 4.74 Å². The Hall–Kier alpha value is -2.77. The molecule has 0 saturated heterocycles. The Morgan fingerprint density at radius 3 is 2.10 bits per heavy atom. The van der Waals surface area contributed by atoms with Crippen LogP contribution in [0, 0.1) is 17.5 Å². The van der Waals surface area contributed by atoms with Crippen molar-refractivity contribution in [3.63, 3.8) is 0 Å². The Morgan fingerprint density at radius 2 is 1.57 bits per heavy atom. The van der Waals surface area contributed by atoms with Crippen molar-refractivity contribution < 1.29 is 35.5 Å². The van der Waals surface area contributed by atoms with E-state index in [4.69, 9.17) is 0 Å². The first-order chi connectivity index (χ1) is 14.1. The normalized spacial score (nSPS) is 17.2. The lowest BCUT2D eigenvalue weighted by molar-refractivity contribution is -0.143. The molecule has 2 aromatic rings. The van der Waals surface area contributed by atoms with Gasteiger partial charge in [-0.15, -0.1) is 0 Å². The highest BCUT2D eigenvalue weighted by molar-refractivity contribution is 5.42. The number of hydrogen-bond acceptors (Lipinski definition) is 1. The van der Waals surface area contributed by atoms with Gasteiger partial charge in [-0.25, -0.2) is 22.0 Å². The van der Waals surface area contributed by atoms with E-state index in [1.165, 1.54) is 0 Å². The van der Waals surface area contributed by atoms with Crippen LogP contribution in [0.1, 0.15) is 36.8 Å². The third-order valence-electron chi connectivity index (χ3n) is 4.70. The molecule has 0 radical (unpaired) electrons. The summed E-state index contributed by atoms with van der Waals surface area (Å²) in [6, 6.07) is 7.28. The van der Waals surface area contributed by atoms with Gasteiger partial charge in [0.15, 0.2) is 17.5 Å². The van der Waals surface area contributed by atoms with Crippen molar-refractivity contribution in [3.8, 4) is 5.75 Å². The molecule has 0 aliphatic heterocycles. The molecule has 0 fully saturated rings. The lowest BCUT2D eigenvalue weighted by Crippen LogP contribution is -2.30. The SMILES string of the molecule is CCCc1ccc(C2C=C(F)C(C(F)(F)Oc3cc(F)c(F)c(F)c3)=C(F)C2)cc1. The van der Waals surface area contributed by atoms with Crippen molar-refractivity contribution >= 4 is 0 Å². The molecular formula is C22H17F7O. The molecule has 1 aliphatic rings. The first kappa shape index (κ1) is 21.9. The standard InChI is InChI=1S/C22H17F7O/c1-2-3-12-4-6-13(7-5-12)14-8-16(23)20(17(24)9-14)22(28,29)30-15-10-18(25)21(27)19(26)11-15/h4-8,10-11,14H,2-3,9H2,1H3. The van der Waals surface area contributed by atoms with Gasteiger partial charge in [-0.2, -0.15) is 8.78 Å². The van der Waals surface area contributed by atoms with Crippen LogP contribution in [0.15, 0.2) is 59.7 Å². The average Bonchev–Trinajstić information content (AvgIpc) is 2.65. The van der Waals surface area contributed by atoms with Crippen molar-refractivity contribution in [1.29, 1.82) is 0 Å². The van der Waals surface area contributed by atoms with E-state index in [0.717, 1.165) is 24.5 Å². The molecule has 0 spiro atoms. The molecule has 1 nitrogen and oxygen atoms in total. The summed E-state index contributed by atoms with van der Waals surface area (Å²) in [5.74, 6) is -10.4. The third-order valence-corrected chi connectivity index (χ3v) is 4.70. The molecule has 0 N–H and O–H groups in total. The summed E-state index contributed by atoms with van der Waals surface area (Å²) < 4.78 is 101. The van der Waals surface area contributed by atoms with Crippen molar-refractivity contribution in [2.75, 3.05) is 0 Å². The van der Waals surface area contributed by atoms with Crippen LogP contribution in [0.25, 0.3) is 0 Å². The largest absolute Gasteiger partial charge is 0.432 e. The average molecular weight is 430 g/mol. The number of rotatable bonds is 6. The number of ether oxygens (including phenoxy) is 1. The van der Waals surface area contributed by atoms with Gasteiger partial charge in [0.25, 0.3) is 0 Å². The second-order valence-electron chi connectivity index (χ2n) is 6.92. The van der Waals surface area contributed by atoms with Crippen LogP contribution in [0.5, 0.6) is 5.75 Å². The quantitative estimate of drug-likeness (QED) is 0.345. The fourth-order valence-electron chi connectivity index (χ4n) is 3.27. The Morgan fingerprint density at radius 1 is 0.967 bits per heavy atom. The summed E-state index contributed by atoms with van der Waals surface area (Å²) in [7, 11) is 0. The highest BCUT2D eigenvalue weighted by Gasteiger charge is 2.45. The van der Waals surface area contributed by atoms with Crippen molar-refractivity contribution in [3.05, 3.63) is 88.3 Å². The molecule has 0 bridgehead atoms. The molecule has 160 valence electrons. The Kier molecular flexibility index (Phi) is 6.24. The van der Waals surface area contributed by atoms with Crippen LogP contribution >= 0.6 is 0 Å². The van der Waals surface area contributed by atoms with E-state index in [2.05, 4.69) is 4.74 Å². The van der Waals surface area contributed by atoms with Gasteiger partial charge < -0.3 is 4.74 Å². The highest BCUT2D eigenvalue weighted by atomic mass is 19.3. The summed E-state index contributed by atoms with van der Waals surface area (Å²) in [4.78, 5) is 0. The predicted molar refractivity (Wildman–Crippen MR) is 97.0 cm³/mol. The fourth-order valence-corrected chi connectivity index (χ4v) is 3.27. The number of benzene rings is 2. The van der Waals surface area contributed by atoms with E-state index >= 15 is 0 Å². The number of alkyl halides is 2. The van der Waals surface area contributed by atoms with E-state index in [-0.39, 0.29) is 12.1 Å². The minimum atomic E-state index is -4.57. The van der Waals surface area contributed by atoms with E-state index in [1.54, 1.807) is 24.3 Å². The van der Waals surface area contributed by atoms with Crippen LogP contribution in [0.3, 0.4) is 0 Å². The van der Waals surface area contributed by atoms with Gasteiger partial charge in [-0.1, -0.05) is 37.6 Å². The van der Waals surface area contributed by atoms with Crippen molar-refractivity contribution in [1.82, 2.24) is 0 Å². The summed E-state index contributed by atoms with van der Waals surface area (Å²) in [6.45, 7) is 2.01. The van der Waals surface area contributed by atoms with Gasteiger partial charge in [-0.05, 0) is 23.6 Å². The number of halogens is 7. The van der Waals surface area contributed by atoms with Gasteiger partial charge in [-0.3, -0.25) is 0 Å². The molecule has 0 amide bonds. The molecule has 1 atom stereocenters. The number of hydrogen-bond donors (Lipinski definition) is 0. The summed E-state index contributed by atoms with van der Waals surface area (Å²) in [6.07, 6.45) is -2.51. The predicted octanol–water partition coefficient (Wildman–Crippen LogP) is 7.29. The van der Waals surface area contributed by atoms with E-state index < -0.39 is 58.9 Å². The molecule has 0 aromatic heterocycles. The van der Waals surface area contributed by atoms with Crippen LogP contribution in [0.4, 0.5) is 30.7 Å². The van der Waals surface area contributed by atoms with E-state index in [0.29, 0.717) is 5.56 Å². The maximum Gasteiger partial charge on any atom is 0.432 e. The van der Waals surface area contributed by atoms with Gasteiger partial charge in [0, 0.05) is 24.5 Å². The number of allylic oxidation sites excluding steroid dienone is 2. The Labute approximate surface area is 168 Å². The lowest BCUT2D eigenvalue weighted by Gasteiger charge is -2.25. The van der Waals surface area contributed by atoms with Gasteiger partial charge in [0.1, 0.15) is 23.0 Å². The highest BCUT2D eigenvalue weighted by Crippen LogP contribution is 2.43. The maximum absolute atomic E-state index is 14.5. The second kappa shape index (κ2) is 8.53. The zero-order valence-corrected chi connectivity index (χ0v) is 15.8. The number of aryl methyl sites for hydroxylation is 1. The van der Waals surface area contributed by atoms with Crippen molar-refractivity contribution in [2.45, 2.75) is 38.2 Å². The molecule has 0 saturated carbocycles. The molecule has 1 aliphatic carbocycles. The Bertz CT molecular complexity index is 970. The summed E-state index contributed by atoms with van der Waals surface area (Å²) >= 11 is 0. The molecule has 3 rings (SSSR count). The molecule has 0 heterocycles. The van der Waals surface area contributed by atoms with Crippen molar-refractivity contribution in [2.24, 2.45) is 0 Å². The van der Waals surface area contributed by atoms with Crippen LogP contribution in [-0.2, 0) is 6.42 Å². The zero-order chi connectivity index (χ0) is 22.1. The smallest absolute Gasteiger partial charge is 0.429 e. The van der Waals surface area contributed by atoms with Crippen LogP contribution in [-0.4, -0.2) is 6.11 Å². The maximum atomic E-state index is 14.5. The van der Waals surface area contributed by atoms with Gasteiger partial charge in [0.05, 0.1) is 0 Å². The molecule has 8 heteroatoms. The third kappa shape index (κ3) is 4.52. The first-order valence-corrected chi connectivity index (χ1v) is 9.19. The first-order valence-electron chi connectivity index (χ1n) is 9.19. The van der Waals surface area contributed by atoms with Gasteiger partial charge >= 0.3 is 6.11 Å². The molecule has 1 unspecified atom stereocenters. The lowest BCUT2D eigenvalue weighted by atomic mass is 9.88. The van der Waals surface area contributed by atoms with Gasteiger partial charge in [0.2, 0.25) is 0 Å². The molecule has 30 heavy (non-hydrogen) atoms. The van der Waals surface area contributed by atoms with E-state index in [9.17, 15) is 30.7 Å². The zero-order valence-electron chi connectivity index (χ0n) is 15.8. The molecule has 2 aromatic carbocycles. The minimum Gasteiger partial charge on any atom is -0.429 e. The fraction of sp³-hybridized carbons (Fsp3) is 0.273. The van der Waals surface area contributed by atoms with E-state index in [1.807, 2.05) is 6.92 Å². The molecular weight excluding hydrogens is 413 g/mol. The van der Waals surface area contributed by atoms with Crippen LogP contribution in [0.2, 0.25) is 0 Å². The Balaban J connectivity index is 1.84. The monoisotopic (exact) mass is 430 g/mol. The minimum absolute atomic E-state index is 0.163.